The van der Waals surface area contributed by atoms with E-state index in [-0.39, 0.29) is 10.6 Å². The maximum absolute atomic E-state index is 13.4. The Kier molecular flexibility index (Phi) is 3.20. The molecule has 0 saturated heterocycles. The van der Waals surface area contributed by atoms with Crippen molar-refractivity contribution >= 4 is 17.9 Å². The summed E-state index contributed by atoms with van der Waals surface area (Å²) < 4.78 is 26.7. The number of benzene rings is 2. The van der Waals surface area contributed by atoms with Gasteiger partial charge in [0, 0.05) is 0 Å². The second-order valence-electron chi connectivity index (χ2n) is 3.45. The van der Waals surface area contributed by atoms with Crippen molar-refractivity contribution in [2.75, 3.05) is 0 Å². The fraction of sp³-hybridized carbons (Fsp3) is 0. The third-order valence-corrected chi connectivity index (χ3v) is 2.71. The van der Waals surface area contributed by atoms with Gasteiger partial charge >= 0.3 is 0 Å². The zero-order valence-electron chi connectivity index (χ0n) is 8.58. The molecule has 2 aromatic rings. The Bertz CT molecular complexity index is 582. The molecule has 0 aliphatic heterocycles. The van der Waals surface area contributed by atoms with Crippen LogP contribution in [0.3, 0.4) is 0 Å². The van der Waals surface area contributed by atoms with Gasteiger partial charge in [-0.25, -0.2) is 8.78 Å². The molecule has 0 saturated carbocycles. The van der Waals surface area contributed by atoms with Crippen molar-refractivity contribution < 1.29 is 13.6 Å². The van der Waals surface area contributed by atoms with Crippen LogP contribution in [-0.4, -0.2) is 6.29 Å². The Labute approximate surface area is 102 Å². The lowest BCUT2D eigenvalue weighted by molar-refractivity contribution is 0.112. The summed E-state index contributed by atoms with van der Waals surface area (Å²) in [5.41, 5.74) is 0.665. The van der Waals surface area contributed by atoms with E-state index in [1.807, 2.05) is 0 Å². The molecule has 86 valence electrons. The molecule has 0 spiro atoms. The summed E-state index contributed by atoms with van der Waals surface area (Å²) in [5, 5.41) is -0.0159. The molecule has 0 fully saturated rings. The fourth-order valence-electron chi connectivity index (χ4n) is 1.57. The minimum absolute atomic E-state index is 0.0159. The highest BCUT2D eigenvalue weighted by Crippen LogP contribution is 2.27. The molecule has 2 rings (SSSR count). The van der Waals surface area contributed by atoms with E-state index in [4.69, 9.17) is 11.6 Å². The van der Waals surface area contributed by atoms with Gasteiger partial charge in [-0.1, -0.05) is 29.8 Å². The molecule has 0 unspecified atom stereocenters. The maximum Gasteiger partial charge on any atom is 0.153 e. The number of carbonyl (C=O) groups excluding carboxylic acids is 1. The molecule has 0 bridgehead atoms. The molecule has 0 aromatic heterocycles. The first kappa shape index (κ1) is 11.7. The van der Waals surface area contributed by atoms with Crippen LogP contribution in [0.4, 0.5) is 8.78 Å². The number of carbonyl (C=O) groups is 1. The van der Waals surface area contributed by atoms with Gasteiger partial charge in [-0.05, 0) is 29.3 Å². The number of halogens is 3. The first-order valence-corrected chi connectivity index (χ1v) is 5.20. The molecule has 0 amide bonds. The highest BCUT2D eigenvalue weighted by Gasteiger charge is 2.10. The lowest BCUT2D eigenvalue weighted by Gasteiger charge is -2.06. The Balaban J connectivity index is 2.64. The molecule has 0 atom stereocenters. The van der Waals surface area contributed by atoms with Crippen molar-refractivity contribution in [2.45, 2.75) is 0 Å². The van der Waals surface area contributed by atoms with Crippen LogP contribution in [0.1, 0.15) is 10.4 Å². The smallest absolute Gasteiger partial charge is 0.153 e. The van der Waals surface area contributed by atoms with Crippen LogP contribution < -0.4 is 0 Å². The van der Waals surface area contributed by atoms with E-state index in [0.29, 0.717) is 17.4 Å². The van der Waals surface area contributed by atoms with E-state index >= 15 is 0 Å². The van der Waals surface area contributed by atoms with Gasteiger partial charge in [0.05, 0.1) is 10.6 Å². The van der Waals surface area contributed by atoms with Gasteiger partial charge in [0.1, 0.15) is 11.6 Å². The predicted molar refractivity (Wildman–Crippen MR) is 62.2 cm³/mol. The minimum Gasteiger partial charge on any atom is -0.298 e. The van der Waals surface area contributed by atoms with Gasteiger partial charge in [-0.15, -0.1) is 0 Å². The van der Waals surface area contributed by atoms with Crippen LogP contribution in [-0.2, 0) is 0 Å². The second kappa shape index (κ2) is 4.63. The van der Waals surface area contributed by atoms with Gasteiger partial charge in [-0.2, -0.15) is 0 Å². The Morgan fingerprint density at radius 2 is 1.82 bits per heavy atom. The van der Waals surface area contributed by atoms with Crippen LogP contribution in [0.2, 0.25) is 5.02 Å². The summed E-state index contributed by atoms with van der Waals surface area (Å²) in [7, 11) is 0. The van der Waals surface area contributed by atoms with Crippen LogP contribution in [0, 0.1) is 11.6 Å². The van der Waals surface area contributed by atoms with Gasteiger partial charge in [0.2, 0.25) is 0 Å². The molecule has 17 heavy (non-hydrogen) atoms. The molecule has 0 N–H and O–H groups in total. The molecular formula is C13H7ClF2O. The zero-order chi connectivity index (χ0) is 12.4. The maximum atomic E-state index is 13.4. The Morgan fingerprint density at radius 3 is 2.47 bits per heavy atom. The van der Waals surface area contributed by atoms with Crippen LogP contribution >= 0.6 is 11.6 Å². The molecule has 1 nitrogen and oxygen atoms in total. The molecule has 0 aliphatic rings. The van der Waals surface area contributed by atoms with Gasteiger partial charge in [0.15, 0.2) is 6.29 Å². The predicted octanol–water partition coefficient (Wildman–Crippen LogP) is 4.10. The summed E-state index contributed by atoms with van der Waals surface area (Å²) in [6.45, 7) is 0. The van der Waals surface area contributed by atoms with Crippen molar-refractivity contribution in [1.29, 1.82) is 0 Å². The molecule has 0 radical (unpaired) electrons. The van der Waals surface area contributed by atoms with Crippen LogP contribution in [0.15, 0.2) is 36.4 Å². The first-order valence-electron chi connectivity index (χ1n) is 4.82. The highest BCUT2D eigenvalue weighted by molar-refractivity contribution is 6.30. The Hall–Kier alpha value is -1.74. The fourth-order valence-corrected chi connectivity index (χ4v) is 1.69. The van der Waals surface area contributed by atoms with Gasteiger partial charge in [0.25, 0.3) is 0 Å². The van der Waals surface area contributed by atoms with Crippen molar-refractivity contribution in [3.63, 3.8) is 0 Å². The summed E-state index contributed by atoms with van der Waals surface area (Å²) in [6.07, 6.45) is 0.414. The monoisotopic (exact) mass is 252 g/mol. The van der Waals surface area contributed by atoms with Crippen molar-refractivity contribution in [3.05, 3.63) is 58.6 Å². The topological polar surface area (TPSA) is 17.1 Å². The summed E-state index contributed by atoms with van der Waals surface area (Å²) >= 11 is 5.55. The molecule has 4 heteroatoms. The number of hydrogen-bond donors (Lipinski definition) is 0. The van der Waals surface area contributed by atoms with Crippen molar-refractivity contribution in [3.8, 4) is 11.1 Å². The molecular weight excluding hydrogens is 246 g/mol. The SMILES string of the molecule is O=Cc1c(F)cccc1-c1ccc(Cl)c(F)c1. The van der Waals surface area contributed by atoms with Crippen molar-refractivity contribution in [2.24, 2.45) is 0 Å². The third-order valence-electron chi connectivity index (χ3n) is 2.40. The van der Waals surface area contributed by atoms with E-state index in [9.17, 15) is 13.6 Å². The number of hydrogen-bond acceptors (Lipinski definition) is 1. The van der Waals surface area contributed by atoms with E-state index in [0.717, 1.165) is 0 Å². The normalized spacial score (nSPS) is 10.3. The third kappa shape index (κ3) is 2.19. The van der Waals surface area contributed by atoms with E-state index in [1.165, 1.54) is 30.3 Å². The summed E-state index contributed by atoms with van der Waals surface area (Å²) in [4.78, 5) is 10.8. The quantitative estimate of drug-likeness (QED) is 0.736. The molecule has 2 aromatic carbocycles. The lowest BCUT2D eigenvalue weighted by Crippen LogP contribution is -1.93. The van der Waals surface area contributed by atoms with Crippen LogP contribution in [0.5, 0.6) is 0 Å². The van der Waals surface area contributed by atoms with Crippen LogP contribution in [0.25, 0.3) is 11.1 Å². The van der Waals surface area contributed by atoms with E-state index in [1.54, 1.807) is 6.07 Å². The average molecular weight is 253 g/mol. The Morgan fingerprint density at radius 1 is 1.06 bits per heavy atom. The van der Waals surface area contributed by atoms with E-state index < -0.39 is 11.6 Å². The summed E-state index contributed by atoms with van der Waals surface area (Å²) in [5.74, 6) is -1.24. The zero-order valence-corrected chi connectivity index (χ0v) is 9.34. The minimum atomic E-state index is -0.632. The highest BCUT2D eigenvalue weighted by atomic mass is 35.5. The first-order chi connectivity index (χ1) is 8.13. The molecule has 0 heterocycles. The standard InChI is InChI=1S/C13H7ClF2O/c14-11-5-4-8(6-13(11)16)9-2-1-3-12(15)10(9)7-17/h1-7H. The summed E-state index contributed by atoms with van der Waals surface area (Å²) in [6, 6.07) is 8.27. The largest absolute Gasteiger partial charge is 0.298 e. The average Bonchev–Trinajstić information content (AvgIpc) is 2.32. The van der Waals surface area contributed by atoms with E-state index in [2.05, 4.69) is 0 Å². The second-order valence-corrected chi connectivity index (χ2v) is 3.86. The number of rotatable bonds is 2. The molecule has 0 aliphatic carbocycles. The van der Waals surface area contributed by atoms with Gasteiger partial charge in [-0.3, -0.25) is 4.79 Å². The van der Waals surface area contributed by atoms with Gasteiger partial charge < -0.3 is 0 Å². The van der Waals surface area contributed by atoms with Crippen molar-refractivity contribution in [1.82, 2.24) is 0 Å². The lowest BCUT2D eigenvalue weighted by atomic mass is 10.00. The number of aldehydes is 1.